The van der Waals surface area contributed by atoms with Crippen molar-refractivity contribution < 1.29 is 4.79 Å². The van der Waals surface area contributed by atoms with Crippen LogP contribution in [0.3, 0.4) is 0 Å². The molecule has 0 bridgehead atoms. The molecule has 3 aromatic heterocycles. The molecule has 3 heterocycles. The summed E-state index contributed by atoms with van der Waals surface area (Å²) in [6, 6.07) is 0. The van der Waals surface area contributed by atoms with Gasteiger partial charge in [0.05, 0.1) is 17.4 Å². The molecule has 0 radical (unpaired) electrons. The maximum atomic E-state index is 12.4. The van der Waals surface area contributed by atoms with Crippen LogP contribution in [-0.4, -0.2) is 32.7 Å². The largest absolute Gasteiger partial charge is 0.372 e. The van der Waals surface area contributed by atoms with E-state index in [0.29, 0.717) is 27.4 Å². The van der Waals surface area contributed by atoms with Crippen molar-refractivity contribution in [2.75, 3.05) is 17.7 Å². The Kier molecular flexibility index (Phi) is 7.99. The zero-order chi connectivity index (χ0) is 19.8. The van der Waals surface area contributed by atoms with Gasteiger partial charge in [-0.1, -0.05) is 51.1 Å². The minimum Gasteiger partial charge on any atom is -0.372 e. The van der Waals surface area contributed by atoms with E-state index in [0.717, 1.165) is 0 Å². The molecule has 0 unspecified atom stereocenters. The Labute approximate surface area is 168 Å². The minimum atomic E-state index is -0.293. The number of nitrogens with zero attached hydrogens (tertiary/aromatic N) is 4. The maximum absolute atomic E-state index is 12.4. The molecule has 7 nitrogen and oxygen atoms in total. The molecular weight excluding hydrogens is 384 g/mol. The summed E-state index contributed by atoms with van der Waals surface area (Å²) < 4.78 is 1.53. The van der Waals surface area contributed by atoms with E-state index in [2.05, 4.69) is 39.5 Å². The van der Waals surface area contributed by atoms with Crippen molar-refractivity contribution in [1.82, 2.24) is 19.7 Å². The summed E-state index contributed by atoms with van der Waals surface area (Å²) in [5.74, 6) is 0.313. The van der Waals surface area contributed by atoms with Gasteiger partial charge in [-0.05, 0) is 0 Å². The number of unbranched alkanes of at least 4 members (excludes halogenated alkanes) is 3. The zero-order valence-corrected chi connectivity index (χ0v) is 17.6. The first-order valence-corrected chi connectivity index (χ1v) is 10.2. The number of rotatable bonds is 6. The van der Waals surface area contributed by atoms with E-state index in [1.54, 1.807) is 31.9 Å². The first-order chi connectivity index (χ1) is 13.0. The van der Waals surface area contributed by atoms with Gasteiger partial charge in [0.1, 0.15) is 16.2 Å². The van der Waals surface area contributed by atoms with Crippen LogP contribution in [0.1, 0.15) is 49.9 Å². The smallest absolute Gasteiger partial charge is 0.258 e. The molecule has 2 N–H and O–H groups in total. The number of carbonyl (C=O) groups excluding carboxylic acids is 1. The predicted octanol–water partition coefficient (Wildman–Crippen LogP) is 4.96. The van der Waals surface area contributed by atoms with Gasteiger partial charge < -0.3 is 10.6 Å². The number of hydrogen-bond acceptors (Lipinski definition) is 6. The fraction of sp³-hybridized carbons (Fsp3) is 0.444. The molecular formula is C18H25ClN6OS. The molecule has 146 valence electrons. The van der Waals surface area contributed by atoms with Crippen LogP contribution >= 0.6 is 22.9 Å². The summed E-state index contributed by atoms with van der Waals surface area (Å²) >= 11 is 7.30. The van der Waals surface area contributed by atoms with Gasteiger partial charge >= 0.3 is 0 Å². The van der Waals surface area contributed by atoms with Gasteiger partial charge in [-0.3, -0.25) is 9.48 Å². The number of amides is 1. The number of halogens is 1. The van der Waals surface area contributed by atoms with E-state index >= 15 is 0 Å². The second kappa shape index (κ2) is 10.2. The molecule has 3 rings (SSSR count). The van der Waals surface area contributed by atoms with E-state index < -0.39 is 0 Å². The standard InChI is InChI=1S/C12H11ClN6OS.C6H14/c1-14-8-3-15-12-9(17-8)6(5-21-12)11(20)16-7-4-19(2)18-10(7)13;1-3-5-6-4-2/h3-5H,1-2H3,(H,14,17)(H,16,20);3-6H2,1-2H3. The molecule has 0 fully saturated rings. The highest BCUT2D eigenvalue weighted by molar-refractivity contribution is 7.17. The normalized spacial score (nSPS) is 10.4. The lowest BCUT2D eigenvalue weighted by Gasteiger charge is -2.02. The number of aromatic nitrogens is 4. The number of aryl methyl sites for hydroxylation is 1. The third kappa shape index (κ3) is 5.64. The zero-order valence-electron chi connectivity index (χ0n) is 16.0. The molecule has 1 amide bonds. The van der Waals surface area contributed by atoms with Crippen molar-refractivity contribution in [2.45, 2.75) is 39.5 Å². The van der Waals surface area contributed by atoms with Crippen LogP contribution in [0.5, 0.6) is 0 Å². The number of nitrogens with one attached hydrogen (secondary N) is 2. The van der Waals surface area contributed by atoms with Gasteiger partial charge in [0, 0.05) is 25.7 Å². The molecule has 0 aliphatic carbocycles. The van der Waals surface area contributed by atoms with Crippen LogP contribution in [0.2, 0.25) is 5.15 Å². The van der Waals surface area contributed by atoms with Crippen molar-refractivity contribution in [1.29, 1.82) is 0 Å². The summed E-state index contributed by atoms with van der Waals surface area (Å²) in [7, 11) is 3.48. The van der Waals surface area contributed by atoms with Crippen LogP contribution in [0, 0.1) is 0 Å². The summed E-state index contributed by atoms with van der Waals surface area (Å²) in [4.78, 5) is 21.7. The highest BCUT2D eigenvalue weighted by atomic mass is 35.5. The number of anilines is 2. The molecule has 0 spiro atoms. The summed E-state index contributed by atoms with van der Waals surface area (Å²) in [5, 5.41) is 11.6. The Bertz CT molecular complexity index is 887. The molecule has 3 aromatic rings. The number of hydrogen-bond donors (Lipinski definition) is 2. The molecule has 27 heavy (non-hydrogen) atoms. The van der Waals surface area contributed by atoms with Crippen LogP contribution in [-0.2, 0) is 7.05 Å². The lowest BCUT2D eigenvalue weighted by atomic mass is 10.2. The molecule has 0 aromatic carbocycles. The van der Waals surface area contributed by atoms with Gasteiger partial charge in [0.15, 0.2) is 5.15 Å². The highest BCUT2D eigenvalue weighted by Crippen LogP contribution is 2.26. The first-order valence-electron chi connectivity index (χ1n) is 8.92. The topological polar surface area (TPSA) is 84.7 Å². The molecule has 9 heteroatoms. The van der Waals surface area contributed by atoms with Crippen LogP contribution in [0.15, 0.2) is 17.8 Å². The Hall–Kier alpha value is -2.19. The summed E-state index contributed by atoms with van der Waals surface area (Å²) in [6.45, 7) is 4.46. The quantitative estimate of drug-likeness (QED) is 0.563. The summed E-state index contributed by atoms with van der Waals surface area (Å²) in [6.07, 6.45) is 8.80. The van der Waals surface area contributed by atoms with Crippen LogP contribution in [0.4, 0.5) is 11.5 Å². The van der Waals surface area contributed by atoms with Crippen molar-refractivity contribution in [3.05, 3.63) is 28.5 Å². The van der Waals surface area contributed by atoms with Gasteiger partial charge in [-0.25, -0.2) is 9.97 Å². The Morgan fingerprint density at radius 3 is 2.56 bits per heavy atom. The van der Waals surface area contributed by atoms with Crippen molar-refractivity contribution in [3.8, 4) is 0 Å². The second-order valence-electron chi connectivity index (χ2n) is 5.98. The average molecular weight is 409 g/mol. The maximum Gasteiger partial charge on any atom is 0.258 e. The predicted molar refractivity (Wildman–Crippen MR) is 113 cm³/mol. The lowest BCUT2D eigenvalue weighted by molar-refractivity contribution is 0.102. The van der Waals surface area contributed by atoms with Gasteiger partial charge in [-0.2, -0.15) is 5.10 Å². The van der Waals surface area contributed by atoms with E-state index in [4.69, 9.17) is 11.6 Å². The fourth-order valence-electron chi connectivity index (χ4n) is 2.33. The monoisotopic (exact) mass is 408 g/mol. The first kappa shape index (κ1) is 21.1. The van der Waals surface area contributed by atoms with E-state index in [-0.39, 0.29) is 11.1 Å². The minimum absolute atomic E-state index is 0.243. The van der Waals surface area contributed by atoms with E-state index in [1.807, 2.05) is 0 Å². The molecule has 0 saturated heterocycles. The fourth-order valence-corrected chi connectivity index (χ4v) is 3.37. The van der Waals surface area contributed by atoms with Gasteiger partial charge in [0.2, 0.25) is 0 Å². The second-order valence-corrected chi connectivity index (χ2v) is 7.19. The van der Waals surface area contributed by atoms with Gasteiger partial charge in [0.25, 0.3) is 5.91 Å². The third-order valence-electron chi connectivity index (χ3n) is 3.77. The molecule has 0 atom stereocenters. The van der Waals surface area contributed by atoms with Crippen molar-refractivity contribution >= 4 is 50.7 Å². The number of fused-ring (bicyclic) bond motifs is 1. The Morgan fingerprint density at radius 1 is 1.30 bits per heavy atom. The average Bonchev–Trinajstić information content (AvgIpc) is 3.22. The molecule has 0 saturated carbocycles. The van der Waals surface area contributed by atoms with Crippen LogP contribution < -0.4 is 10.6 Å². The summed E-state index contributed by atoms with van der Waals surface area (Å²) in [5.41, 5.74) is 1.48. The van der Waals surface area contributed by atoms with E-state index in [1.165, 1.54) is 41.7 Å². The Morgan fingerprint density at radius 2 is 2.00 bits per heavy atom. The van der Waals surface area contributed by atoms with E-state index in [9.17, 15) is 4.79 Å². The Balaban J connectivity index is 0.000000380. The number of thiophene rings is 1. The lowest BCUT2D eigenvalue weighted by Crippen LogP contribution is -2.11. The highest BCUT2D eigenvalue weighted by Gasteiger charge is 2.17. The molecule has 0 aliphatic heterocycles. The van der Waals surface area contributed by atoms with Crippen LogP contribution in [0.25, 0.3) is 10.3 Å². The van der Waals surface area contributed by atoms with Crippen molar-refractivity contribution in [3.63, 3.8) is 0 Å². The molecule has 0 aliphatic rings. The number of carbonyl (C=O) groups is 1. The van der Waals surface area contributed by atoms with Gasteiger partial charge in [-0.15, -0.1) is 11.3 Å². The van der Waals surface area contributed by atoms with Crippen molar-refractivity contribution in [2.24, 2.45) is 7.05 Å². The SMILES string of the molecule is CCCCCC.CNc1cnc2scc(C(=O)Nc3cn(C)nc3Cl)c2n1. The third-order valence-corrected chi connectivity index (χ3v) is 4.93.